The summed E-state index contributed by atoms with van der Waals surface area (Å²) in [6.07, 6.45) is 4.67. The molecule has 3 rings (SSSR count). The quantitative estimate of drug-likeness (QED) is 0.694. The van der Waals surface area contributed by atoms with Crippen molar-refractivity contribution in [3.8, 4) is 11.3 Å². The first-order valence-electron chi connectivity index (χ1n) is 8.07. The molecule has 0 saturated carbocycles. The van der Waals surface area contributed by atoms with Crippen LogP contribution in [0.15, 0.2) is 54.7 Å². The molecular formula is C19H19N3O3. The van der Waals surface area contributed by atoms with Crippen LogP contribution in [0.3, 0.4) is 0 Å². The van der Waals surface area contributed by atoms with Gasteiger partial charge in [0.15, 0.2) is 0 Å². The molecule has 128 valence electrons. The van der Waals surface area contributed by atoms with Crippen molar-refractivity contribution in [1.82, 2.24) is 10.3 Å². The maximum Gasteiger partial charge on any atom is 0.405 e. The zero-order chi connectivity index (χ0) is 17.8. The van der Waals surface area contributed by atoms with Gasteiger partial charge >= 0.3 is 6.09 Å². The summed E-state index contributed by atoms with van der Waals surface area (Å²) in [5.41, 5.74) is 2.96. The number of hydrogen-bond donors (Lipinski definition) is 3. The smallest absolute Gasteiger partial charge is 0.405 e. The molecule has 0 fully saturated rings. The minimum atomic E-state index is -1.08. The molecule has 2 heterocycles. The van der Waals surface area contributed by atoms with Gasteiger partial charge in [-0.05, 0) is 30.2 Å². The molecule has 1 aromatic heterocycles. The second-order valence-corrected chi connectivity index (χ2v) is 5.97. The van der Waals surface area contributed by atoms with E-state index in [4.69, 9.17) is 5.11 Å². The topological polar surface area (TPSA) is 91.3 Å². The molecule has 25 heavy (non-hydrogen) atoms. The van der Waals surface area contributed by atoms with Gasteiger partial charge in [0.1, 0.15) is 0 Å². The lowest BCUT2D eigenvalue weighted by Crippen LogP contribution is -2.26. The van der Waals surface area contributed by atoms with E-state index in [2.05, 4.69) is 15.6 Å². The summed E-state index contributed by atoms with van der Waals surface area (Å²) in [6, 6.07) is 10.7. The molecule has 0 aliphatic carbocycles. The van der Waals surface area contributed by atoms with Crippen LogP contribution in [0.5, 0.6) is 0 Å². The van der Waals surface area contributed by atoms with Crippen molar-refractivity contribution in [2.24, 2.45) is 5.92 Å². The Morgan fingerprint density at radius 2 is 2.16 bits per heavy atom. The van der Waals surface area contributed by atoms with Crippen molar-refractivity contribution in [2.45, 2.75) is 19.4 Å². The van der Waals surface area contributed by atoms with E-state index in [1.54, 1.807) is 25.3 Å². The minimum absolute atomic E-state index is 0.134. The van der Waals surface area contributed by atoms with E-state index >= 15 is 0 Å². The highest BCUT2D eigenvalue weighted by atomic mass is 16.4. The fraction of sp³-hybridized carbons (Fsp3) is 0.211. The van der Waals surface area contributed by atoms with E-state index in [9.17, 15) is 9.59 Å². The Hall–Kier alpha value is -3.15. The van der Waals surface area contributed by atoms with E-state index in [0.717, 1.165) is 11.1 Å². The van der Waals surface area contributed by atoms with Gasteiger partial charge in [-0.1, -0.05) is 37.3 Å². The molecule has 2 amide bonds. The van der Waals surface area contributed by atoms with Gasteiger partial charge in [0.05, 0.1) is 23.3 Å². The molecule has 6 heteroatoms. The summed E-state index contributed by atoms with van der Waals surface area (Å²) in [6.45, 7) is 1.80. The Labute approximate surface area is 145 Å². The van der Waals surface area contributed by atoms with Gasteiger partial charge in [-0.25, -0.2) is 4.79 Å². The molecule has 0 saturated heterocycles. The van der Waals surface area contributed by atoms with Crippen LogP contribution in [0, 0.1) is 5.92 Å². The molecule has 2 aromatic rings. The van der Waals surface area contributed by atoms with Crippen LogP contribution in [0.2, 0.25) is 0 Å². The number of rotatable bonds is 1. The molecular weight excluding hydrogens is 318 g/mol. The number of nitrogens with zero attached hydrogens (tertiary/aromatic N) is 1. The number of benzene rings is 1. The van der Waals surface area contributed by atoms with E-state index in [0.29, 0.717) is 17.8 Å². The predicted octanol–water partition coefficient (Wildman–Crippen LogP) is 3.59. The fourth-order valence-electron chi connectivity index (χ4n) is 2.82. The number of amides is 2. The molecule has 3 N–H and O–H groups in total. The first kappa shape index (κ1) is 16.7. The number of carbonyl (C=O) groups is 2. The zero-order valence-electron chi connectivity index (χ0n) is 13.8. The molecule has 0 unspecified atom stereocenters. The van der Waals surface area contributed by atoms with Crippen molar-refractivity contribution < 1.29 is 14.7 Å². The van der Waals surface area contributed by atoms with E-state index in [1.165, 1.54) is 0 Å². The standard InChI is InChI=1S/C19H19N3O3/c1-12-5-2-8-15(22-19(24)25)13-6-3-7-14(11-13)17-16(21-18(12)23)9-4-10-20-17/h2-7,9-12,15,22H,8H2,1H3,(H,21,23)(H,24,25)/b5-2+/t12-,15+/m1/s1. The highest BCUT2D eigenvalue weighted by molar-refractivity contribution is 5.96. The number of carboxylic acid groups (broad SMARTS) is 1. The van der Waals surface area contributed by atoms with E-state index in [1.807, 2.05) is 36.4 Å². The van der Waals surface area contributed by atoms with E-state index in [-0.39, 0.29) is 11.8 Å². The Kier molecular flexibility index (Phi) is 4.79. The summed E-state index contributed by atoms with van der Waals surface area (Å²) in [4.78, 5) is 27.9. The van der Waals surface area contributed by atoms with Crippen molar-refractivity contribution >= 4 is 17.7 Å². The lowest BCUT2D eigenvalue weighted by atomic mass is 9.97. The van der Waals surface area contributed by atoms with Crippen molar-refractivity contribution in [2.75, 3.05) is 5.32 Å². The van der Waals surface area contributed by atoms with Crippen molar-refractivity contribution in [1.29, 1.82) is 0 Å². The molecule has 1 aliphatic rings. The van der Waals surface area contributed by atoms with Gasteiger partial charge < -0.3 is 15.7 Å². The van der Waals surface area contributed by atoms with Crippen LogP contribution >= 0.6 is 0 Å². The highest BCUT2D eigenvalue weighted by Crippen LogP contribution is 2.29. The second-order valence-electron chi connectivity index (χ2n) is 5.97. The lowest BCUT2D eigenvalue weighted by molar-refractivity contribution is -0.118. The van der Waals surface area contributed by atoms with Gasteiger partial charge in [-0.3, -0.25) is 9.78 Å². The average molecular weight is 337 g/mol. The average Bonchev–Trinajstić information content (AvgIpc) is 2.60. The first-order valence-corrected chi connectivity index (χ1v) is 8.07. The monoisotopic (exact) mass is 337 g/mol. The summed E-state index contributed by atoms with van der Waals surface area (Å²) >= 11 is 0. The number of hydrogen-bond acceptors (Lipinski definition) is 3. The van der Waals surface area contributed by atoms with Gasteiger partial charge in [0, 0.05) is 11.8 Å². The fourth-order valence-corrected chi connectivity index (χ4v) is 2.82. The van der Waals surface area contributed by atoms with Gasteiger partial charge in [0.25, 0.3) is 0 Å². The van der Waals surface area contributed by atoms with Crippen molar-refractivity contribution in [3.63, 3.8) is 0 Å². The molecule has 0 spiro atoms. The number of pyridine rings is 1. The number of anilines is 1. The normalized spacial score (nSPS) is 21.1. The van der Waals surface area contributed by atoms with Gasteiger partial charge in [-0.15, -0.1) is 0 Å². The van der Waals surface area contributed by atoms with Gasteiger partial charge in [0.2, 0.25) is 5.91 Å². The lowest BCUT2D eigenvalue weighted by Gasteiger charge is -2.19. The van der Waals surface area contributed by atoms with Crippen LogP contribution in [-0.2, 0) is 4.79 Å². The second kappa shape index (κ2) is 7.17. The Bertz CT molecular complexity index is 832. The van der Waals surface area contributed by atoms with Crippen LogP contribution in [-0.4, -0.2) is 22.1 Å². The largest absolute Gasteiger partial charge is 0.465 e. The maximum atomic E-state index is 12.4. The molecule has 2 atom stereocenters. The zero-order valence-corrected chi connectivity index (χ0v) is 13.8. The third-order valence-electron chi connectivity index (χ3n) is 4.14. The molecule has 1 aromatic carbocycles. The molecule has 6 nitrogen and oxygen atoms in total. The van der Waals surface area contributed by atoms with Crippen LogP contribution in [0.1, 0.15) is 24.9 Å². The SMILES string of the molecule is C[C@@H]1/C=C/C[C@H](NC(=O)O)c2cccc(c2)-c2ncccc2NC1=O. The number of nitrogens with one attached hydrogen (secondary N) is 2. The Balaban J connectivity index is 2.12. The van der Waals surface area contributed by atoms with Crippen molar-refractivity contribution in [3.05, 3.63) is 60.3 Å². The van der Waals surface area contributed by atoms with E-state index < -0.39 is 12.1 Å². The van der Waals surface area contributed by atoms with Crippen LogP contribution in [0.25, 0.3) is 11.3 Å². The number of fused-ring (bicyclic) bond motifs is 4. The first-order chi connectivity index (χ1) is 12.0. The summed E-state index contributed by atoms with van der Waals surface area (Å²) in [5.74, 6) is -0.471. The number of aromatic nitrogens is 1. The summed E-state index contributed by atoms with van der Waals surface area (Å²) in [7, 11) is 0. The third-order valence-corrected chi connectivity index (χ3v) is 4.14. The number of carbonyl (C=O) groups excluding carboxylic acids is 1. The molecule has 2 bridgehead atoms. The predicted molar refractivity (Wildman–Crippen MR) is 95.1 cm³/mol. The molecule has 0 radical (unpaired) electrons. The Morgan fingerprint density at radius 1 is 1.32 bits per heavy atom. The molecule has 1 aliphatic heterocycles. The summed E-state index contributed by atoms with van der Waals surface area (Å²) < 4.78 is 0. The third kappa shape index (κ3) is 3.85. The van der Waals surface area contributed by atoms with Gasteiger partial charge in [-0.2, -0.15) is 0 Å². The maximum absolute atomic E-state index is 12.4. The van der Waals surface area contributed by atoms with Crippen LogP contribution < -0.4 is 10.6 Å². The summed E-state index contributed by atoms with van der Waals surface area (Å²) in [5, 5.41) is 14.6. The highest BCUT2D eigenvalue weighted by Gasteiger charge is 2.18. The van der Waals surface area contributed by atoms with Crippen LogP contribution in [0.4, 0.5) is 10.5 Å². The Morgan fingerprint density at radius 3 is 2.96 bits per heavy atom. The minimum Gasteiger partial charge on any atom is -0.465 e.